The second-order valence-corrected chi connectivity index (χ2v) is 7.03. The van der Waals surface area contributed by atoms with Crippen LogP contribution in [0.5, 0.6) is 0 Å². The minimum absolute atomic E-state index is 0.216. The second kappa shape index (κ2) is 10.9. The van der Waals surface area contributed by atoms with Crippen molar-refractivity contribution in [2.24, 2.45) is 0 Å². The van der Waals surface area contributed by atoms with Crippen molar-refractivity contribution in [2.75, 3.05) is 18.5 Å². The topological polar surface area (TPSA) is 76.7 Å². The summed E-state index contributed by atoms with van der Waals surface area (Å²) < 4.78 is 86.6. The van der Waals surface area contributed by atoms with Gasteiger partial charge in [0.25, 0.3) is 5.91 Å². The van der Waals surface area contributed by atoms with Crippen LogP contribution in [0.15, 0.2) is 42.5 Å². The Hall–Kier alpha value is -4.06. The summed E-state index contributed by atoms with van der Waals surface area (Å²) in [5.41, 5.74) is 0.309. The number of nitrogens with one attached hydrogen (secondary N) is 2. The summed E-state index contributed by atoms with van der Waals surface area (Å²) in [7, 11) is 0. The molecule has 0 saturated heterocycles. The molecule has 0 radical (unpaired) electrons. The van der Waals surface area contributed by atoms with Gasteiger partial charge in [0.15, 0.2) is 29.1 Å². The van der Waals surface area contributed by atoms with Crippen LogP contribution >= 0.6 is 0 Å². The molecular formula is C23H16F6N2O4. The summed E-state index contributed by atoms with van der Waals surface area (Å²) in [5, 5.41) is 2.34. The molecule has 0 aliphatic heterocycles. The lowest BCUT2D eigenvalue weighted by Gasteiger charge is -2.14. The third-order valence-corrected chi connectivity index (χ3v) is 4.56. The monoisotopic (exact) mass is 498 g/mol. The molecule has 35 heavy (non-hydrogen) atoms. The first-order chi connectivity index (χ1) is 16.6. The number of hydrogen-bond acceptors (Lipinski definition) is 5. The van der Waals surface area contributed by atoms with Gasteiger partial charge in [0.2, 0.25) is 0 Å². The van der Waals surface area contributed by atoms with E-state index in [4.69, 9.17) is 4.84 Å². The summed E-state index contributed by atoms with van der Waals surface area (Å²) in [5.74, 6) is -10.9. The minimum Gasteiger partial charge on any atom is -0.459 e. The SMILES string of the molecule is Cc1ccc(Nc2c(C(=O)NOCCOC(=O)c3ccc(F)c(F)c3F)ccc(F)c2F)c(F)c1. The predicted octanol–water partition coefficient (Wildman–Crippen LogP) is 5.09. The highest BCUT2D eigenvalue weighted by Gasteiger charge is 2.21. The van der Waals surface area contributed by atoms with Crippen LogP contribution in [0.4, 0.5) is 37.7 Å². The normalized spacial score (nSPS) is 10.7. The van der Waals surface area contributed by atoms with Gasteiger partial charge in [0.05, 0.1) is 22.5 Å². The van der Waals surface area contributed by atoms with Crippen LogP contribution in [0.3, 0.4) is 0 Å². The molecule has 0 atom stereocenters. The van der Waals surface area contributed by atoms with Crippen LogP contribution in [0.25, 0.3) is 0 Å². The number of esters is 1. The summed E-state index contributed by atoms with van der Waals surface area (Å²) in [6.07, 6.45) is 0. The number of halogens is 6. The molecule has 184 valence electrons. The van der Waals surface area contributed by atoms with Crippen LogP contribution < -0.4 is 10.8 Å². The number of benzene rings is 3. The molecule has 0 saturated carbocycles. The molecule has 0 unspecified atom stereocenters. The number of anilines is 2. The molecule has 3 aromatic carbocycles. The Bertz CT molecular complexity index is 1290. The fraction of sp³-hybridized carbons (Fsp3) is 0.130. The molecule has 0 aliphatic carbocycles. The van der Waals surface area contributed by atoms with E-state index < -0.39 is 76.8 Å². The molecule has 0 heterocycles. The lowest BCUT2D eigenvalue weighted by atomic mass is 10.1. The van der Waals surface area contributed by atoms with Crippen LogP contribution in [0.1, 0.15) is 26.3 Å². The molecule has 6 nitrogen and oxygen atoms in total. The number of ether oxygens (including phenoxy) is 1. The van der Waals surface area contributed by atoms with Crippen molar-refractivity contribution >= 4 is 23.3 Å². The number of amides is 1. The Morgan fingerprint density at radius 3 is 2.11 bits per heavy atom. The van der Waals surface area contributed by atoms with Crippen LogP contribution in [0, 0.1) is 41.8 Å². The van der Waals surface area contributed by atoms with Crippen LogP contribution in [-0.4, -0.2) is 25.1 Å². The minimum atomic E-state index is -1.84. The van der Waals surface area contributed by atoms with Gasteiger partial charge < -0.3 is 10.1 Å². The largest absolute Gasteiger partial charge is 0.459 e. The van der Waals surface area contributed by atoms with E-state index in [1.807, 2.05) is 5.48 Å². The van der Waals surface area contributed by atoms with Gasteiger partial charge in [-0.1, -0.05) is 6.07 Å². The number of hydroxylamine groups is 1. The Kier molecular flexibility index (Phi) is 7.97. The van der Waals surface area contributed by atoms with Gasteiger partial charge in [-0.2, -0.15) is 0 Å². The zero-order valence-corrected chi connectivity index (χ0v) is 17.9. The molecule has 0 fully saturated rings. The molecule has 12 heteroatoms. The van der Waals surface area contributed by atoms with Crippen molar-refractivity contribution in [1.82, 2.24) is 5.48 Å². The van der Waals surface area contributed by atoms with Gasteiger partial charge in [-0.05, 0) is 48.9 Å². The smallest absolute Gasteiger partial charge is 0.341 e. The van der Waals surface area contributed by atoms with Crippen LogP contribution in [0.2, 0.25) is 0 Å². The first-order valence-electron chi connectivity index (χ1n) is 9.84. The molecule has 1 amide bonds. The highest BCUT2D eigenvalue weighted by molar-refractivity contribution is 6.00. The maximum absolute atomic E-state index is 14.4. The van der Waals surface area contributed by atoms with Gasteiger partial charge in [-0.3, -0.25) is 9.63 Å². The van der Waals surface area contributed by atoms with Crippen LogP contribution in [-0.2, 0) is 9.57 Å². The molecule has 2 N–H and O–H groups in total. The summed E-state index contributed by atoms with van der Waals surface area (Å²) in [6, 6.07) is 6.78. The third kappa shape index (κ3) is 5.90. The molecule has 0 bridgehead atoms. The molecular weight excluding hydrogens is 482 g/mol. The average Bonchev–Trinajstić information content (AvgIpc) is 2.81. The Balaban J connectivity index is 1.61. The van der Waals surface area contributed by atoms with Crippen molar-refractivity contribution in [1.29, 1.82) is 0 Å². The van der Waals surface area contributed by atoms with Gasteiger partial charge in [-0.15, -0.1) is 0 Å². The standard InChI is InChI=1S/C23H16F6N2O4/c1-11-2-7-17(16(26)10-11)30-21-13(4-6-15(25)20(21)29)22(32)31-35-9-8-34-23(33)12-3-5-14(24)19(28)18(12)27/h2-7,10,30H,8-9H2,1H3,(H,31,32). The maximum atomic E-state index is 14.4. The Morgan fingerprint density at radius 1 is 0.771 bits per heavy atom. The Morgan fingerprint density at radius 2 is 1.43 bits per heavy atom. The van der Waals surface area contributed by atoms with Crippen molar-refractivity contribution in [3.63, 3.8) is 0 Å². The first-order valence-corrected chi connectivity index (χ1v) is 9.84. The first kappa shape index (κ1) is 25.6. The van der Waals surface area contributed by atoms with Crippen molar-refractivity contribution in [3.8, 4) is 0 Å². The Labute approximate surface area is 194 Å². The summed E-state index contributed by atoms with van der Waals surface area (Å²) in [6.45, 7) is 0.592. The van der Waals surface area contributed by atoms with Gasteiger partial charge in [0.1, 0.15) is 19.0 Å². The van der Waals surface area contributed by atoms with Crippen molar-refractivity contribution < 1.29 is 45.5 Å². The second-order valence-electron chi connectivity index (χ2n) is 7.03. The van der Waals surface area contributed by atoms with Gasteiger partial charge in [0, 0.05) is 0 Å². The maximum Gasteiger partial charge on any atom is 0.341 e. The highest BCUT2D eigenvalue weighted by atomic mass is 19.2. The fourth-order valence-corrected chi connectivity index (χ4v) is 2.83. The fourth-order valence-electron chi connectivity index (χ4n) is 2.83. The zero-order valence-electron chi connectivity index (χ0n) is 17.9. The summed E-state index contributed by atoms with van der Waals surface area (Å²) in [4.78, 5) is 29.0. The lowest BCUT2D eigenvalue weighted by molar-refractivity contribution is 0.00291. The van der Waals surface area contributed by atoms with E-state index in [-0.39, 0.29) is 5.69 Å². The predicted molar refractivity (Wildman–Crippen MR) is 111 cm³/mol. The zero-order chi connectivity index (χ0) is 25.7. The van der Waals surface area contributed by atoms with E-state index in [0.29, 0.717) is 23.8 Å². The van der Waals surface area contributed by atoms with Crippen molar-refractivity contribution in [3.05, 3.63) is 94.1 Å². The number of carbonyl (C=O) groups excluding carboxylic acids is 2. The molecule has 0 spiro atoms. The lowest BCUT2D eigenvalue weighted by Crippen LogP contribution is -2.27. The molecule has 0 aromatic heterocycles. The number of aryl methyl sites for hydroxylation is 1. The van der Waals surface area contributed by atoms with E-state index in [1.165, 1.54) is 12.1 Å². The average molecular weight is 498 g/mol. The van der Waals surface area contributed by atoms with E-state index in [9.17, 15) is 35.9 Å². The quantitative estimate of drug-likeness (QED) is 0.149. The van der Waals surface area contributed by atoms with E-state index in [2.05, 4.69) is 10.1 Å². The van der Waals surface area contributed by atoms with Crippen molar-refractivity contribution in [2.45, 2.75) is 6.92 Å². The van der Waals surface area contributed by atoms with E-state index in [1.54, 1.807) is 6.92 Å². The molecule has 3 rings (SSSR count). The number of hydrogen-bond donors (Lipinski definition) is 2. The van der Waals surface area contributed by atoms with E-state index >= 15 is 0 Å². The third-order valence-electron chi connectivity index (χ3n) is 4.56. The number of rotatable bonds is 8. The summed E-state index contributed by atoms with van der Waals surface area (Å²) >= 11 is 0. The van der Waals surface area contributed by atoms with Gasteiger partial charge in [-0.25, -0.2) is 36.6 Å². The molecule has 3 aromatic rings. The number of carbonyl (C=O) groups is 2. The highest BCUT2D eigenvalue weighted by Crippen LogP contribution is 2.28. The molecule has 0 aliphatic rings. The van der Waals surface area contributed by atoms with E-state index in [0.717, 1.165) is 12.1 Å². The van der Waals surface area contributed by atoms with Gasteiger partial charge >= 0.3 is 5.97 Å².